The first-order chi connectivity index (χ1) is 9.52. The lowest BCUT2D eigenvalue weighted by Crippen LogP contribution is -2.37. The quantitative estimate of drug-likeness (QED) is 0.615. The molecule has 0 radical (unpaired) electrons. The Morgan fingerprint density at radius 3 is 2.70 bits per heavy atom. The van der Waals surface area contributed by atoms with E-state index in [0.717, 1.165) is 31.0 Å². The van der Waals surface area contributed by atoms with Gasteiger partial charge in [-0.3, -0.25) is 14.9 Å². The summed E-state index contributed by atoms with van der Waals surface area (Å²) >= 11 is 0. The second kappa shape index (κ2) is 5.98. The smallest absolute Gasteiger partial charge is 0.270 e. The first-order valence-electron chi connectivity index (χ1n) is 6.76. The number of nitro benzene ring substituents is 1. The van der Waals surface area contributed by atoms with E-state index in [2.05, 4.69) is 0 Å². The number of nitrogens with zero attached hydrogens (tertiary/aromatic N) is 2. The lowest BCUT2D eigenvalue weighted by atomic mass is 9.85. The highest BCUT2D eigenvalue weighted by molar-refractivity contribution is 5.95. The number of hydrogen-bond donors (Lipinski definition) is 0. The molecular weight excluding hydrogens is 263 g/mol. The van der Waals surface area contributed by atoms with E-state index >= 15 is 0 Å². The molecule has 0 aromatic heterocycles. The highest BCUT2D eigenvalue weighted by atomic mass is 19.1. The summed E-state index contributed by atoms with van der Waals surface area (Å²) < 4.78 is 13.7. The number of benzene rings is 1. The van der Waals surface area contributed by atoms with Gasteiger partial charge in [-0.25, -0.2) is 4.39 Å². The van der Waals surface area contributed by atoms with Crippen LogP contribution in [0.5, 0.6) is 0 Å². The van der Waals surface area contributed by atoms with Crippen LogP contribution in [0.1, 0.15) is 36.5 Å². The third-order valence-electron chi connectivity index (χ3n) is 3.76. The summed E-state index contributed by atoms with van der Waals surface area (Å²) in [6.45, 7) is 2.89. The van der Waals surface area contributed by atoms with Crippen LogP contribution in [0.25, 0.3) is 0 Å². The minimum absolute atomic E-state index is 0.222. The van der Waals surface area contributed by atoms with Crippen molar-refractivity contribution in [2.24, 2.45) is 5.92 Å². The van der Waals surface area contributed by atoms with Gasteiger partial charge in [0.25, 0.3) is 11.6 Å². The van der Waals surface area contributed by atoms with Crippen molar-refractivity contribution in [2.45, 2.75) is 26.2 Å². The largest absolute Gasteiger partial charge is 0.339 e. The highest BCUT2D eigenvalue weighted by Gasteiger charge is 2.26. The second-order valence-electron chi connectivity index (χ2n) is 5.06. The molecule has 1 saturated carbocycles. The summed E-state index contributed by atoms with van der Waals surface area (Å²) in [6.07, 6.45) is 3.34. The summed E-state index contributed by atoms with van der Waals surface area (Å²) in [5.41, 5.74) is -0.491. The van der Waals surface area contributed by atoms with Crippen LogP contribution >= 0.6 is 0 Å². The number of non-ortho nitro benzene ring substituents is 1. The number of hydrogen-bond acceptors (Lipinski definition) is 3. The van der Waals surface area contributed by atoms with Crippen molar-refractivity contribution in [1.82, 2.24) is 4.90 Å². The zero-order valence-electron chi connectivity index (χ0n) is 11.3. The van der Waals surface area contributed by atoms with Gasteiger partial charge in [0.15, 0.2) is 0 Å². The van der Waals surface area contributed by atoms with Crippen LogP contribution in [0.3, 0.4) is 0 Å². The van der Waals surface area contributed by atoms with E-state index < -0.39 is 16.6 Å². The van der Waals surface area contributed by atoms with Gasteiger partial charge in [-0.15, -0.1) is 0 Å². The fourth-order valence-electron chi connectivity index (χ4n) is 2.30. The highest BCUT2D eigenvalue weighted by Crippen LogP contribution is 2.28. The maximum Gasteiger partial charge on any atom is 0.270 e. The van der Waals surface area contributed by atoms with Crippen molar-refractivity contribution in [3.05, 3.63) is 39.7 Å². The third kappa shape index (κ3) is 2.95. The Morgan fingerprint density at radius 2 is 2.20 bits per heavy atom. The molecule has 2 rings (SSSR count). The van der Waals surface area contributed by atoms with Crippen molar-refractivity contribution in [2.75, 3.05) is 13.1 Å². The average molecular weight is 280 g/mol. The van der Waals surface area contributed by atoms with E-state index in [0.29, 0.717) is 19.0 Å². The molecule has 1 amide bonds. The minimum atomic E-state index is -0.715. The van der Waals surface area contributed by atoms with Crippen molar-refractivity contribution < 1.29 is 14.1 Å². The van der Waals surface area contributed by atoms with Crippen LogP contribution < -0.4 is 0 Å². The van der Waals surface area contributed by atoms with E-state index in [9.17, 15) is 19.3 Å². The van der Waals surface area contributed by atoms with Crippen LogP contribution in [0.15, 0.2) is 18.2 Å². The Hall–Kier alpha value is -1.98. The Kier molecular flexibility index (Phi) is 4.32. The lowest BCUT2D eigenvalue weighted by molar-refractivity contribution is -0.384. The van der Waals surface area contributed by atoms with Gasteiger partial charge in [-0.05, 0) is 31.7 Å². The number of halogens is 1. The van der Waals surface area contributed by atoms with Gasteiger partial charge < -0.3 is 4.90 Å². The molecule has 1 aliphatic carbocycles. The molecule has 0 unspecified atom stereocenters. The molecule has 5 nitrogen and oxygen atoms in total. The molecule has 1 aliphatic rings. The molecule has 1 aromatic rings. The predicted molar refractivity (Wildman–Crippen MR) is 72.0 cm³/mol. The van der Waals surface area contributed by atoms with Gasteiger partial charge in [0.05, 0.1) is 10.5 Å². The monoisotopic (exact) mass is 280 g/mol. The Morgan fingerprint density at radius 1 is 1.50 bits per heavy atom. The Labute approximate surface area is 116 Å². The number of nitro groups is 1. The van der Waals surface area contributed by atoms with Gasteiger partial charge in [0, 0.05) is 25.2 Å². The molecule has 0 heterocycles. The van der Waals surface area contributed by atoms with Crippen molar-refractivity contribution in [1.29, 1.82) is 0 Å². The van der Waals surface area contributed by atoms with Crippen LogP contribution in [-0.2, 0) is 0 Å². The third-order valence-corrected chi connectivity index (χ3v) is 3.76. The first kappa shape index (κ1) is 14.4. The van der Waals surface area contributed by atoms with Gasteiger partial charge in [0.2, 0.25) is 0 Å². The standard InChI is InChI=1S/C14H17FN2O3/c1-2-16(9-10-4-3-5-10)14(18)12-8-11(17(19)20)6-7-13(12)15/h6-8,10H,2-5,9H2,1H3. The molecular formula is C14H17FN2O3. The fraction of sp³-hybridized carbons (Fsp3) is 0.500. The predicted octanol–water partition coefficient (Wildman–Crippen LogP) is 3.00. The molecule has 20 heavy (non-hydrogen) atoms. The molecule has 0 atom stereocenters. The van der Waals surface area contributed by atoms with Gasteiger partial charge >= 0.3 is 0 Å². The van der Waals surface area contributed by atoms with Crippen LogP contribution in [0.4, 0.5) is 10.1 Å². The van der Waals surface area contributed by atoms with Crippen LogP contribution in [0, 0.1) is 21.8 Å². The zero-order valence-corrected chi connectivity index (χ0v) is 11.3. The molecule has 0 saturated heterocycles. The molecule has 1 aromatic carbocycles. The van der Waals surface area contributed by atoms with E-state index in [1.54, 1.807) is 4.90 Å². The van der Waals surface area contributed by atoms with E-state index in [1.165, 1.54) is 6.42 Å². The number of amides is 1. The lowest BCUT2D eigenvalue weighted by Gasteiger charge is -2.31. The molecule has 108 valence electrons. The van der Waals surface area contributed by atoms with E-state index in [1.807, 2.05) is 6.92 Å². The fourth-order valence-corrected chi connectivity index (χ4v) is 2.30. The molecule has 0 spiro atoms. The normalized spacial score (nSPS) is 14.7. The molecule has 0 bridgehead atoms. The minimum Gasteiger partial charge on any atom is -0.339 e. The number of carbonyl (C=O) groups excluding carboxylic acids is 1. The van der Waals surface area contributed by atoms with Crippen LogP contribution in [-0.4, -0.2) is 28.8 Å². The van der Waals surface area contributed by atoms with Gasteiger partial charge in [-0.2, -0.15) is 0 Å². The Bertz CT molecular complexity index is 529. The van der Waals surface area contributed by atoms with Gasteiger partial charge in [0.1, 0.15) is 5.82 Å². The number of carbonyl (C=O) groups is 1. The summed E-state index contributed by atoms with van der Waals surface area (Å²) in [5, 5.41) is 10.7. The topological polar surface area (TPSA) is 63.5 Å². The molecule has 0 aliphatic heterocycles. The van der Waals surface area contributed by atoms with Crippen molar-refractivity contribution in [3.8, 4) is 0 Å². The van der Waals surface area contributed by atoms with E-state index in [4.69, 9.17) is 0 Å². The summed E-state index contributed by atoms with van der Waals surface area (Å²) in [4.78, 5) is 24.0. The molecule has 1 fully saturated rings. The van der Waals surface area contributed by atoms with Gasteiger partial charge in [-0.1, -0.05) is 6.42 Å². The Balaban J connectivity index is 2.21. The molecule has 6 heteroatoms. The van der Waals surface area contributed by atoms with E-state index in [-0.39, 0.29) is 11.3 Å². The van der Waals surface area contributed by atoms with Crippen molar-refractivity contribution in [3.63, 3.8) is 0 Å². The van der Waals surface area contributed by atoms with Crippen LogP contribution in [0.2, 0.25) is 0 Å². The summed E-state index contributed by atoms with van der Waals surface area (Å²) in [7, 11) is 0. The maximum absolute atomic E-state index is 13.7. The summed E-state index contributed by atoms with van der Waals surface area (Å²) in [5.74, 6) is -0.714. The molecule has 0 N–H and O–H groups in total. The summed E-state index contributed by atoms with van der Waals surface area (Å²) in [6, 6.07) is 3.05. The average Bonchev–Trinajstić information content (AvgIpc) is 2.37. The van der Waals surface area contributed by atoms with Crippen molar-refractivity contribution >= 4 is 11.6 Å². The first-order valence-corrected chi connectivity index (χ1v) is 6.76. The SMILES string of the molecule is CCN(CC1CCC1)C(=O)c1cc([N+](=O)[O-])ccc1F. The zero-order chi connectivity index (χ0) is 14.7. The number of rotatable bonds is 5. The maximum atomic E-state index is 13.7. The second-order valence-corrected chi connectivity index (χ2v) is 5.06.